The number of aryl methyl sites for hydroxylation is 1. The average molecular weight is 525 g/mol. The van der Waals surface area contributed by atoms with Gasteiger partial charge < -0.3 is 14.2 Å². The summed E-state index contributed by atoms with van der Waals surface area (Å²) >= 11 is 0. The molecule has 0 fully saturated rings. The number of hydrogen-bond acceptors (Lipinski definition) is 10. The van der Waals surface area contributed by atoms with Crippen molar-refractivity contribution < 1.29 is 22.6 Å². The van der Waals surface area contributed by atoms with Crippen molar-refractivity contribution in [1.82, 2.24) is 29.7 Å². The summed E-state index contributed by atoms with van der Waals surface area (Å²) < 4.78 is 45.0. The summed E-state index contributed by atoms with van der Waals surface area (Å²) in [7, 11) is 0.848. The van der Waals surface area contributed by atoms with Gasteiger partial charge in [-0.25, -0.2) is 23.4 Å². The predicted octanol–water partition coefficient (Wildman–Crippen LogP) is 3.00. The lowest BCUT2D eigenvalue weighted by atomic mass is 10.2. The van der Waals surface area contributed by atoms with Crippen LogP contribution in [0.2, 0.25) is 0 Å². The fourth-order valence-electron chi connectivity index (χ4n) is 3.75. The molecule has 194 valence electrons. The average Bonchev–Trinajstić information content (AvgIpc) is 3.31. The number of methoxy groups -OCH3 is 3. The maximum Gasteiger partial charge on any atom is 0.213 e. The number of pyridine rings is 1. The maximum atomic E-state index is 13.5. The molecule has 3 heterocycles. The zero-order chi connectivity index (χ0) is 26.6. The molecule has 4 rings (SSSR count). The number of benzene rings is 1. The minimum absolute atomic E-state index is 0.166. The highest BCUT2D eigenvalue weighted by atomic mass is 32.2. The molecule has 37 heavy (non-hydrogen) atoms. The molecule has 1 atom stereocenters. The van der Waals surface area contributed by atoms with Crippen molar-refractivity contribution in [1.29, 1.82) is 0 Å². The van der Waals surface area contributed by atoms with Crippen LogP contribution in [0, 0.1) is 6.92 Å². The molecule has 1 aromatic carbocycles. The zero-order valence-electron chi connectivity index (χ0n) is 21.2. The second kappa shape index (κ2) is 10.9. The van der Waals surface area contributed by atoms with Gasteiger partial charge in [0.1, 0.15) is 34.5 Å². The third-order valence-electron chi connectivity index (χ3n) is 5.77. The molecule has 0 unspecified atom stereocenters. The molecule has 0 spiro atoms. The van der Waals surface area contributed by atoms with Crippen LogP contribution in [-0.4, -0.2) is 64.7 Å². The highest BCUT2D eigenvalue weighted by molar-refractivity contribution is 7.91. The van der Waals surface area contributed by atoms with Gasteiger partial charge in [0.05, 0.1) is 26.6 Å². The first-order valence-electron chi connectivity index (χ1n) is 11.4. The first kappa shape index (κ1) is 26.0. The van der Waals surface area contributed by atoms with E-state index in [4.69, 9.17) is 14.2 Å². The first-order chi connectivity index (χ1) is 17.8. The Morgan fingerprint density at radius 1 is 0.919 bits per heavy atom. The molecule has 0 radical (unpaired) electrons. The van der Waals surface area contributed by atoms with Gasteiger partial charge in [0.2, 0.25) is 5.88 Å². The van der Waals surface area contributed by atoms with Crippen molar-refractivity contribution >= 4 is 9.84 Å². The Morgan fingerprint density at radius 3 is 2.19 bits per heavy atom. The van der Waals surface area contributed by atoms with Crippen molar-refractivity contribution in [3.8, 4) is 34.6 Å². The second-order valence-corrected chi connectivity index (χ2v) is 10.8. The number of ether oxygens (including phenoxy) is 3. The third-order valence-corrected chi connectivity index (χ3v) is 7.82. The van der Waals surface area contributed by atoms with Gasteiger partial charge in [-0.05, 0) is 37.6 Å². The van der Waals surface area contributed by atoms with Crippen LogP contribution in [0.4, 0.5) is 0 Å². The summed E-state index contributed by atoms with van der Waals surface area (Å²) in [6.07, 6.45) is 3.50. The first-order valence-corrected chi connectivity index (χ1v) is 13.1. The SMILES string of the molecule is COc1cccc(-c2nnc(CS(=O)(=O)[C@H](C)Cc3ncc(C)cn3)n2-c2c(OC)cccc2OC)n1. The lowest BCUT2D eigenvalue weighted by Crippen LogP contribution is -2.24. The molecule has 0 bridgehead atoms. The van der Waals surface area contributed by atoms with E-state index in [1.807, 2.05) is 6.92 Å². The fourth-order valence-corrected chi connectivity index (χ4v) is 4.98. The minimum atomic E-state index is -3.70. The summed E-state index contributed by atoms with van der Waals surface area (Å²) in [4.78, 5) is 13.0. The van der Waals surface area contributed by atoms with E-state index in [1.165, 1.54) is 21.3 Å². The summed E-state index contributed by atoms with van der Waals surface area (Å²) in [6, 6.07) is 10.5. The Kier molecular flexibility index (Phi) is 7.67. The lowest BCUT2D eigenvalue weighted by molar-refractivity contribution is 0.390. The van der Waals surface area contributed by atoms with Gasteiger partial charge in [-0.15, -0.1) is 10.2 Å². The molecule has 0 aliphatic rings. The van der Waals surface area contributed by atoms with Crippen molar-refractivity contribution in [2.75, 3.05) is 21.3 Å². The molecule has 4 aromatic rings. The molecule has 0 saturated heterocycles. The minimum Gasteiger partial charge on any atom is -0.494 e. The Morgan fingerprint density at radius 2 is 1.57 bits per heavy atom. The van der Waals surface area contributed by atoms with E-state index in [-0.39, 0.29) is 12.2 Å². The Hall–Kier alpha value is -4.06. The van der Waals surface area contributed by atoms with E-state index in [0.29, 0.717) is 40.4 Å². The number of rotatable bonds is 10. The largest absolute Gasteiger partial charge is 0.494 e. The van der Waals surface area contributed by atoms with Gasteiger partial charge in [0.25, 0.3) is 0 Å². The molecule has 12 heteroatoms. The van der Waals surface area contributed by atoms with Crippen molar-refractivity contribution in [3.05, 3.63) is 66.0 Å². The Bertz CT molecular complexity index is 1470. The van der Waals surface area contributed by atoms with E-state index in [2.05, 4.69) is 25.1 Å². The third kappa shape index (κ3) is 5.53. The van der Waals surface area contributed by atoms with Crippen LogP contribution < -0.4 is 14.2 Å². The van der Waals surface area contributed by atoms with Gasteiger partial charge >= 0.3 is 0 Å². The second-order valence-electron chi connectivity index (χ2n) is 8.35. The smallest absolute Gasteiger partial charge is 0.213 e. The highest BCUT2D eigenvalue weighted by Gasteiger charge is 2.29. The van der Waals surface area contributed by atoms with Crippen molar-refractivity contribution in [2.24, 2.45) is 0 Å². The standard InChI is InChI=1S/C25H28N6O5S/c1-16-13-26-21(27-14-16)12-17(2)37(32,33)15-22-29-30-25(18-8-6-11-23(28-18)36-5)31(22)24-19(34-3)9-7-10-20(24)35-4/h6-11,13-14,17H,12,15H2,1-5H3/t17-/m1/s1. The van der Waals surface area contributed by atoms with Crippen LogP contribution >= 0.6 is 0 Å². The van der Waals surface area contributed by atoms with Crippen LogP contribution in [0.15, 0.2) is 48.8 Å². The molecular formula is C25H28N6O5S. The van der Waals surface area contributed by atoms with Gasteiger partial charge in [-0.3, -0.25) is 4.57 Å². The van der Waals surface area contributed by atoms with Crippen LogP contribution in [0.1, 0.15) is 24.1 Å². The molecule has 3 aromatic heterocycles. The predicted molar refractivity (Wildman–Crippen MR) is 137 cm³/mol. The van der Waals surface area contributed by atoms with Crippen molar-refractivity contribution in [3.63, 3.8) is 0 Å². The number of para-hydroxylation sites is 1. The highest BCUT2D eigenvalue weighted by Crippen LogP contribution is 2.36. The molecule has 0 N–H and O–H groups in total. The van der Waals surface area contributed by atoms with Crippen molar-refractivity contribution in [2.45, 2.75) is 31.3 Å². The van der Waals surface area contributed by atoms with Crippen LogP contribution in [0.5, 0.6) is 17.4 Å². The van der Waals surface area contributed by atoms with E-state index in [0.717, 1.165) is 5.56 Å². The molecular weight excluding hydrogens is 496 g/mol. The summed E-state index contributed by atoms with van der Waals surface area (Å²) in [5.41, 5.74) is 1.79. The topological polar surface area (TPSA) is 131 Å². The van der Waals surface area contributed by atoms with Gasteiger partial charge in [-0.1, -0.05) is 12.1 Å². The normalized spacial score (nSPS) is 12.2. The zero-order valence-corrected chi connectivity index (χ0v) is 22.1. The molecule has 0 saturated carbocycles. The lowest BCUT2D eigenvalue weighted by Gasteiger charge is -2.18. The Labute approximate surface area is 215 Å². The number of aromatic nitrogens is 6. The Balaban J connectivity index is 1.82. The number of nitrogens with zero attached hydrogens (tertiary/aromatic N) is 6. The summed E-state index contributed by atoms with van der Waals surface area (Å²) in [5.74, 6) is 1.82. The van der Waals surface area contributed by atoms with Crippen LogP contribution in [0.3, 0.4) is 0 Å². The summed E-state index contributed by atoms with van der Waals surface area (Å²) in [5, 5.41) is 7.83. The van der Waals surface area contributed by atoms with E-state index in [9.17, 15) is 8.42 Å². The van der Waals surface area contributed by atoms with Gasteiger partial charge in [-0.2, -0.15) is 0 Å². The van der Waals surface area contributed by atoms with E-state index in [1.54, 1.807) is 60.3 Å². The summed E-state index contributed by atoms with van der Waals surface area (Å²) in [6.45, 7) is 3.51. The van der Waals surface area contributed by atoms with Gasteiger partial charge in [0.15, 0.2) is 21.5 Å². The quantitative estimate of drug-likeness (QED) is 0.305. The van der Waals surface area contributed by atoms with E-state index < -0.39 is 20.8 Å². The van der Waals surface area contributed by atoms with Crippen LogP contribution in [0.25, 0.3) is 17.2 Å². The van der Waals surface area contributed by atoms with Crippen LogP contribution in [-0.2, 0) is 22.0 Å². The monoisotopic (exact) mass is 524 g/mol. The molecule has 0 aliphatic carbocycles. The van der Waals surface area contributed by atoms with E-state index >= 15 is 0 Å². The maximum absolute atomic E-state index is 13.5. The number of sulfone groups is 1. The fraction of sp³-hybridized carbons (Fsp3) is 0.320. The van der Waals surface area contributed by atoms with Gasteiger partial charge in [0, 0.05) is 24.9 Å². The molecule has 11 nitrogen and oxygen atoms in total. The number of hydrogen-bond donors (Lipinski definition) is 0. The molecule has 0 aliphatic heterocycles. The molecule has 0 amide bonds.